The van der Waals surface area contributed by atoms with Gasteiger partial charge in [0.1, 0.15) is 6.61 Å². The van der Waals surface area contributed by atoms with Gasteiger partial charge in [-0.25, -0.2) is 4.98 Å². The Kier molecular flexibility index (Phi) is 4.32. The van der Waals surface area contributed by atoms with Crippen LogP contribution in [0.3, 0.4) is 0 Å². The summed E-state index contributed by atoms with van der Waals surface area (Å²) in [4.78, 5) is 15.8. The molecule has 2 aromatic heterocycles. The van der Waals surface area contributed by atoms with Gasteiger partial charge < -0.3 is 9.14 Å². The summed E-state index contributed by atoms with van der Waals surface area (Å²) in [7, 11) is 0. The molecule has 0 aromatic carbocycles. The second kappa shape index (κ2) is 5.80. The van der Waals surface area contributed by atoms with E-state index in [9.17, 15) is 4.79 Å². The molecule has 0 bridgehead atoms. The lowest BCUT2D eigenvalue weighted by atomic mass is 10.1. The molecule has 0 unspecified atom stereocenters. The van der Waals surface area contributed by atoms with E-state index in [4.69, 9.17) is 27.9 Å². The molecule has 0 amide bonds. The maximum atomic E-state index is 11.5. The molecule has 0 radical (unpaired) electrons. The smallest absolute Gasteiger partial charge is 0.306 e. The number of esters is 1. The normalized spacial score (nSPS) is 11.2. The Morgan fingerprint density at radius 3 is 2.84 bits per heavy atom. The van der Waals surface area contributed by atoms with Gasteiger partial charge in [-0.3, -0.25) is 4.79 Å². The number of rotatable bonds is 4. The summed E-state index contributed by atoms with van der Waals surface area (Å²) in [6.07, 6.45) is 3.85. The summed E-state index contributed by atoms with van der Waals surface area (Å²) in [5.74, 6) is 0.0537. The largest absolute Gasteiger partial charge is 0.459 e. The number of pyridine rings is 1. The van der Waals surface area contributed by atoms with Crippen molar-refractivity contribution in [3.05, 3.63) is 34.2 Å². The lowest BCUT2D eigenvalue weighted by Crippen LogP contribution is -2.07. The number of hydrogen-bond donors (Lipinski definition) is 0. The number of carbonyl (C=O) groups excluding carboxylic acids is 1. The SMILES string of the molecule is CC(C)CC(=O)OCc1cn2cc(Cl)cc(Cl)c2n1. The Morgan fingerprint density at radius 2 is 2.16 bits per heavy atom. The first-order valence-electron chi connectivity index (χ1n) is 5.94. The van der Waals surface area contributed by atoms with E-state index < -0.39 is 0 Å². The molecule has 0 saturated heterocycles. The van der Waals surface area contributed by atoms with Gasteiger partial charge in [0.05, 0.1) is 15.7 Å². The van der Waals surface area contributed by atoms with Gasteiger partial charge in [-0.05, 0) is 12.0 Å². The fourth-order valence-corrected chi connectivity index (χ4v) is 2.22. The molecular weight excluding hydrogens is 287 g/mol. The third-order valence-corrected chi connectivity index (χ3v) is 2.96. The molecule has 0 spiro atoms. The average Bonchev–Trinajstić information content (AvgIpc) is 2.68. The van der Waals surface area contributed by atoms with E-state index in [0.717, 1.165) is 0 Å². The molecule has 0 aliphatic carbocycles. The van der Waals surface area contributed by atoms with Crippen molar-refractivity contribution in [3.63, 3.8) is 0 Å². The molecule has 0 aliphatic rings. The van der Waals surface area contributed by atoms with E-state index >= 15 is 0 Å². The molecule has 4 nitrogen and oxygen atoms in total. The summed E-state index contributed by atoms with van der Waals surface area (Å²) in [6, 6.07) is 1.62. The standard InChI is InChI=1S/C13H14Cl2N2O2/c1-8(2)3-12(18)19-7-10-6-17-5-9(14)4-11(15)13(17)16-10/h4-6,8H,3,7H2,1-2H3. The molecule has 0 N–H and O–H groups in total. The topological polar surface area (TPSA) is 43.6 Å². The fourth-order valence-electron chi connectivity index (χ4n) is 1.69. The number of aromatic nitrogens is 2. The van der Waals surface area contributed by atoms with Crippen molar-refractivity contribution in [2.75, 3.05) is 0 Å². The van der Waals surface area contributed by atoms with E-state index in [2.05, 4.69) is 4.98 Å². The molecule has 19 heavy (non-hydrogen) atoms. The zero-order chi connectivity index (χ0) is 14.0. The van der Waals surface area contributed by atoms with E-state index in [1.807, 2.05) is 13.8 Å². The molecule has 6 heteroatoms. The van der Waals surface area contributed by atoms with Gasteiger partial charge >= 0.3 is 5.97 Å². The Balaban J connectivity index is 2.10. The lowest BCUT2D eigenvalue weighted by Gasteiger charge is -2.04. The summed E-state index contributed by atoms with van der Waals surface area (Å²) in [6.45, 7) is 4.07. The number of imidazole rings is 1. The van der Waals surface area contributed by atoms with Gasteiger partial charge in [-0.1, -0.05) is 37.0 Å². The van der Waals surface area contributed by atoms with Crippen LogP contribution in [0.15, 0.2) is 18.5 Å². The van der Waals surface area contributed by atoms with Crippen LogP contribution in [0.1, 0.15) is 26.0 Å². The minimum atomic E-state index is -0.226. The Morgan fingerprint density at radius 1 is 1.42 bits per heavy atom. The number of nitrogens with zero attached hydrogens (tertiary/aromatic N) is 2. The number of carbonyl (C=O) groups is 1. The summed E-state index contributed by atoms with van der Waals surface area (Å²) < 4.78 is 6.87. The molecular formula is C13H14Cl2N2O2. The first kappa shape index (κ1) is 14.2. The van der Waals surface area contributed by atoms with Crippen molar-refractivity contribution in [2.24, 2.45) is 5.92 Å². The molecule has 102 valence electrons. The average molecular weight is 301 g/mol. The van der Waals surface area contributed by atoms with Crippen LogP contribution in [0.2, 0.25) is 10.0 Å². The minimum absolute atomic E-state index is 0.140. The fraction of sp³-hybridized carbons (Fsp3) is 0.385. The predicted molar refractivity (Wildman–Crippen MR) is 74.5 cm³/mol. The molecule has 0 atom stereocenters. The van der Waals surface area contributed by atoms with Crippen molar-refractivity contribution in [2.45, 2.75) is 26.9 Å². The minimum Gasteiger partial charge on any atom is -0.459 e. The summed E-state index contributed by atoms with van der Waals surface area (Å²) >= 11 is 11.9. The first-order valence-corrected chi connectivity index (χ1v) is 6.69. The van der Waals surface area contributed by atoms with Gasteiger partial charge in [0.2, 0.25) is 0 Å². The maximum Gasteiger partial charge on any atom is 0.306 e. The third kappa shape index (κ3) is 3.61. The molecule has 2 rings (SSSR count). The van der Waals surface area contributed by atoms with Crippen molar-refractivity contribution >= 4 is 34.8 Å². The van der Waals surface area contributed by atoms with E-state index in [-0.39, 0.29) is 18.5 Å². The van der Waals surface area contributed by atoms with Crippen LogP contribution in [0.25, 0.3) is 5.65 Å². The van der Waals surface area contributed by atoms with Gasteiger partial charge in [-0.15, -0.1) is 0 Å². The highest BCUT2D eigenvalue weighted by Gasteiger charge is 2.10. The van der Waals surface area contributed by atoms with Crippen LogP contribution in [-0.2, 0) is 16.1 Å². The number of halogens is 2. The Labute approximate surface area is 121 Å². The highest BCUT2D eigenvalue weighted by Crippen LogP contribution is 2.22. The van der Waals surface area contributed by atoms with Crippen LogP contribution in [0.5, 0.6) is 0 Å². The highest BCUT2D eigenvalue weighted by molar-refractivity contribution is 6.36. The summed E-state index contributed by atoms with van der Waals surface area (Å²) in [5, 5.41) is 0.991. The first-order chi connectivity index (χ1) is 8.95. The quantitative estimate of drug-likeness (QED) is 0.808. The second-order valence-electron chi connectivity index (χ2n) is 4.73. The summed E-state index contributed by atoms with van der Waals surface area (Å²) in [5.41, 5.74) is 1.24. The molecule has 0 saturated carbocycles. The van der Waals surface area contributed by atoms with Crippen molar-refractivity contribution < 1.29 is 9.53 Å². The molecule has 2 aromatic rings. The van der Waals surface area contributed by atoms with E-state index in [1.54, 1.807) is 22.9 Å². The van der Waals surface area contributed by atoms with Crippen LogP contribution in [0, 0.1) is 5.92 Å². The Bertz CT molecular complexity index is 608. The lowest BCUT2D eigenvalue weighted by molar-refractivity contribution is -0.145. The van der Waals surface area contributed by atoms with Gasteiger partial charge in [-0.2, -0.15) is 0 Å². The van der Waals surface area contributed by atoms with Gasteiger partial charge in [0, 0.05) is 18.8 Å². The zero-order valence-electron chi connectivity index (χ0n) is 10.7. The monoisotopic (exact) mass is 300 g/mol. The molecule has 0 aliphatic heterocycles. The van der Waals surface area contributed by atoms with Crippen molar-refractivity contribution in [1.82, 2.24) is 9.38 Å². The van der Waals surface area contributed by atoms with Crippen LogP contribution in [-0.4, -0.2) is 15.4 Å². The van der Waals surface area contributed by atoms with Gasteiger partial charge in [0.15, 0.2) is 5.65 Å². The molecule has 0 fully saturated rings. The van der Waals surface area contributed by atoms with Gasteiger partial charge in [0.25, 0.3) is 0 Å². The van der Waals surface area contributed by atoms with Crippen LogP contribution < -0.4 is 0 Å². The third-order valence-electron chi connectivity index (χ3n) is 2.48. The zero-order valence-corrected chi connectivity index (χ0v) is 12.2. The highest BCUT2D eigenvalue weighted by atomic mass is 35.5. The van der Waals surface area contributed by atoms with Crippen LogP contribution in [0.4, 0.5) is 0 Å². The van der Waals surface area contributed by atoms with Crippen LogP contribution >= 0.6 is 23.2 Å². The maximum absolute atomic E-state index is 11.5. The predicted octanol–water partition coefficient (Wildman–Crippen LogP) is 3.73. The van der Waals surface area contributed by atoms with Crippen molar-refractivity contribution in [1.29, 1.82) is 0 Å². The Hall–Kier alpha value is -1.26. The number of hydrogen-bond acceptors (Lipinski definition) is 3. The van der Waals surface area contributed by atoms with E-state index in [0.29, 0.717) is 27.8 Å². The van der Waals surface area contributed by atoms with Crippen molar-refractivity contribution in [3.8, 4) is 0 Å². The number of ether oxygens (including phenoxy) is 1. The second-order valence-corrected chi connectivity index (χ2v) is 5.57. The van der Waals surface area contributed by atoms with E-state index in [1.165, 1.54) is 0 Å². The molecule has 2 heterocycles. The number of fused-ring (bicyclic) bond motifs is 1.